The Morgan fingerprint density at radius 2 is 2.04 bits per heavy atom. The number of hydrogen-bond acceptors (Lipinski definition) is 5. The van der Waals surface area contributed by atoms with Gasteiger partial charge in [0.1, 0.15) is 12.6 Å². The monoisotopic (exact) mass is 350 g/mol. The molecule has 1 aromatic carbocycles. The standard InChI is InChI=1S/C18H23FN2O4/c1-24-21(18(23)25-14-15-9-5-4-6-10-15)17(16(19)13-22)11-7-2-3-8-12-20/h4-6,9-10,13,16-17H,2-3,7-8,11,14H2,1H3/t16-,17-/m1/s1. The van der Waals surface area contributed by atoms with E-state index in [9.17, 15) is 14.0 Å². The predicted octanol–water partition coefficient (Wildman–Crippen LogP) is 3.57. The molecule has 0 aliphatic rings. The molecule has 7 heteroatoms. The third-order valence-corrected chi connectivity index (χ3v) is 3.67. The van der Waals surface area contributed by atoms with Crippen molar-refractivity contribution in [3.8, 4) is 6.07 Å². The summed E-state index contributed by atoms with van der Waals surface area (Å²) >= 11 is 0. The van der Waals surface area contributed by atoms with Crippen LogP contribution in [0.3, 0.4) is 0 Å². The van der Waals surface area contributed by atoms with Crippen LogP contribution in [0.5, 0.6) is 0 Å². The zero-order valence-electron chi connectivity index (χ0n) is 14.3. The lowest BCUT2D eigenvalue weighted by atomic mass is 10.0. The summed E-state index contributed by atoms with van der Waals surface area (Å²) in [5.41, 5.74) is 0.784. The van der Waals surface area contributed by atoms with E-state index in [-0.39, 0.29) is 19.3 Å². The van der Waals surface area contributed by atoms with Crippen LogP contribution in [0.2, 0.25) is 0 Å². The summed E-state index contributed by atoms with van der Waals surface area (Å²) in [5, 5.41) is 9.28. The summed E-state index contributed by atoms with van der Waals surface area (Å²) in [7, 11) is 1.23. The van der Waals surface area contributed by atoms with Gasteiger partial charge in [-0.15, -0.1) is 0 Å². The molecule has 0 spiro atoms. The number of nitrogens with zero attached hydrogens (tertiary/aromatic N) is 2. The number of benzene rings is 1. The lowest BCUT2D eigenvalue weighted by Gasteiger charge is -2.29. The van der Waals surface area contributed by atoms with Gasteiger partial charge in [0.05, 0.1) is 13.2 Å². The van der Waals surface area contributed by atoms with Crippen molar-refractivity contribution >= 4 is 12.4 Å². The molecule has 2 atom stereocenters. The fraction of sp³-hybridized carbons (Fsp3) is 0.500. The number of aldehydes is 1. The van der Waals surface area contributed by atoms with Crippen molar-refractivity contribution in [1.29, 1.82) is 5.26 Å². The van der Waals surface area contributed by atoms with Gasteiger partial charge in [-0.1, -0.05) is 43.2 Å². The fourth-order valence-electron chi connectivity index (χ4n) is 2.36. The molecule has 25 heavy (non-hydrogen) atoms. The van der Waals surface area contributed by atoms with Gasteiger partial charge in [0.25, 0.3) is 0 Å². The van der Waals surface area contributed by atoms with Crippen LogP contribution in [0.15, 0.2) is 30.3 Å². The fourth-order valence-corrected chi connectivity index (χ4v) is 2.36. The van der Waals surface area contributed by atoms with Crippen LogP contribution < -0.4 is 0 Å². The van der Waals surface area contributed by atoms with E-state index in [1.54, 1.807) is 12.1 Å². The second-order valence-electron chi connectivity index (χ2n) is 5.45. The van der Waals surface area contributed by atoms with Gasteiger partial charge in [0.2, 0.25) is 0 Å². The van der Waals surface area contributed by atoms with E-state index in [1.807, 2.05) is 24.3 Å². The summed E-state index contributed by atoms with van der Waals surface area (Å²) in [4.78, 5) is 28.0. The Hall–Kier alpha value is -2.46. The van der Waals surface area contributed by atoms with Crippen molar-refractivity contribution in [2.75, 3.05) is 7.11 Å². The average molecular weight is 350 g/mol. The Kier molecular flexibility index (Phi) is 9.87. The first kappa shape index (κ1) is 20.6. The van der Waals surface area contributed by atoms with Crippen LogP contribution in [-0.2, 0) is 21.0 Å². The van der Waals surface area contributed by atoms with Gasteiger partial charge in [0.15, 0.2) is 12.5 Å². The van der Waals surface area contributed by atoms with E-state index in [4.69, 9.17) is 14.8 Å². The number of amides is 1. The third kappa shape index (κ3) is 7.31. The maximum absolute atomic E-state index is 14.0. The van der Waals surface area contributed by atoms with E-state index < -0.39 is 18.3 Å². The first-order valence-electron chi connectivity index (χ1n) is 8.14. The minimum Gasteiger partial charge on any atom is -0.443 e. The lowest BCUT2D eigenvalue weighted by molar-refractivity contribution is -0.157. The Morgan fingerprint density at radius 3 is 2.64 bits per heavy atom. The van der Waals surface area contributed by atoms with Gasteiger partial charge < -0.3 is 9.53 Å². The van der Waals surface area contributed by atoms with Gasteiger partial charge in [0, 0.05) is 6.42 Å². The average Bonchev–Trinajstić information content (AvgIpc) is 2.65. The molecule has 1 aromatic rings. The topological polar surface area (TPSA) is 79.6 Å². The maximum atomic E-state index is 14.0. The highest BCUT2D eigenvalue weighted by molar-refractivity contribution is 5.68. The molecule has 0 aromatic heterocycles. The third-order valence-electron chi connectivity index (χ3n) is 3.67. The van der Waals surface area contributed by atoms with Crippen LogP contribution in [0, 0.1) is 11.3 Å². The van der Waals surface area contributed by atoms with Gasteiger partial charge >= 0.3 is 6.09 Å². The number of unbranched alkanes of at least 4 members (excludes halogenated alkanes) is 3. The Bertz CT molecular complexity index is 562. The SMILES string of the molecule is CON(C(=O)OCc1ccccc1)[C@H](CCCCCC#N)[C@H](F)C=O. The Balaban J connectivity index is 2.63. The van der Waals surface area contributed by atoms with Crippen molar-refractivity contribution in [1.82, 2.24) is 5.06 Å². The zero-order chi connectivity index (χ0) is 18.5. The maximum Gasteiger partial charge on any atom is 0.434 e. The van der Waals surface area contributed by atoms with Gasteiger partial charge in [-0.3, -0.25) is 4.84 Å². The lowest BCUT2D eigenvalue weighted by Crippen LogP contribution is -2.45. The first-order valence-corrected chi connectivity index (χ1v) is 8.14. The minimum absolute atomic E-state index is 0.0203. The molecule has 0 aliphatic heterocycles. The number of rotatable bonds is 11. The summed E-state index contributed by atoms with van der Waals surface area (Å²) in [6.07, 6.45) is 0.0319. The van der Waals surface area contributed by atoms with E-state index >= 15 is 0 Å². The van der Waals surface area contributed by atoms with Crippen molar-refractivity contribution in [2.45, 2.75) is 50.9 Å². The molecule has 0 unspecified atom stereocenters. The zero-order valence-corrected chi connectivity index (χ0v) is 14.3. The summed E-state index contributed by atoms with van der Waals surface area (Å²) in [6, 6.07) is 10.0. The molecule has 136 valence electrons. The van der Waals surface area contributed by atoms with E-state index in [2.05, 4.69) is 0 Å². The number of hydroxylamine groups is 2. The molecule has 0 bridgehead atoms. The number of carbonyl (C=O) groups is 2. The Morgan fingerprint density at radius 1 is 1.32 bits per heavy atom. The molecule has 6 nitrogen and oxygen atoms in total. The van der Waals surface area contributed by atoms with E-state index in [1.165, 1.54) is 7.11 Å². The molecule has 1 rings (SSSR count). The van der Waals surface area contributed by atoms with Crippen LogP contribution in [0.1, 0.15) is 37.7 Å². The normalized spacial score (nSPS) is 12.7. The largest absolute Gasteiger partial charge is 0.443 e. The summed E-state index contributed by atoms with van der Waals surface area (Å²) in [5.74, 6) is 0. The number of carbonyl (C=O) groups excluding carboxylic acids is 2. The number of hydrogen-bond donors (Lipinski definition) is 0. The summed E-state index contributed by atoms with van der Waals surface area (Å²) < 4.78 is 19.1. The second kappa shape index (κ2) is 12.0. The summed E-state index contributed by atoms with van der Waals surface area (Å²) in [6.45, 7) is 0.0203. The van der Waals surface area contributed by atoms with E-state index in [0.717, 1.165) is 10.6 Å². The molecule has 0 fully saturated rings. The number of ether oxygens (including phenoxy) is 1. The molecular formula is C18H23FN2O4. The van der Waals surface area contributed by atoms with E-state index in [0.29, 0.717) is 25.7 Å². The smallest absolute Gasteiger partial charge is 0.434 e. The molecular weight excluding hydrogens is 327 g/mol. The molecule has 0 aliphatic carbocycles. The van der Waals surface area contributed by atoms with Gasteiger partial charge in [-0.25, -0.2) is 9.18 Å². The van der Waals surface area contributed by atoms with Crippen LogP contribution in [0.25, 0.3) is 0 Å². The molecule has 0 N–H and O–H groups in total. The highest BCUT2D eigenvalue weighted by Crippen LogP contribution is 2.18. The van der Waals surface area contributed by atoms with Crippen LogP contribution >= 0.6 is 0 Å². The number of nitriles is 1. The quantitative estimate of drug-likeness (QED) is 0.346. The second-order valence-corrected chi connectivity index (χ2v) is 5.45. The molecule has 0 saturated heterocycles. The van der Waals surface area contributed by atoms with Crippen molar-refractivity contribution in [2.24, 2.45) is 0 Å². The van der Waals surface area contributed by atoms with Crippen LogP contribution in [0.4, 0.5) is 9.18 Å². The first-order chi connectivity index (χ1) is 12.1. The number of halogens is 1. The van der Waals surface area contributed by atoms with Gasteiger partial charge in [-0.2, -0.15) is 10.3 Å². The van der Waals surface area contributed by atoms with Gasteiger partial charge in [-0.05, 0) is 18.4 Å². The van der Waals surface area contributed by atoms with Crippen molar-refractivity contribution < 1.29 is 23.6 Å². The van der Waals surface area contributed by atoms with Crippen LogP contribution in [-0.4, -0.2) is 36.8 Å². The minimum atomic E-state index is -1.87. The highest BCUT2D eigenvalue weighted by atomic mass is 19.1. The molecule has 0 saturated carbocycles. The van der Waals surface area contributed by atoms with Crippen molar-refractivity contribution in [3.05, 3.63) is 35.9 Å². The highest BCUT2D eigenvalue weighted by Gasteiger charge is 2.32. The Labute approximate surface area is 147 Å². The predicted molar refractivity (Wildman–Crippen MR) is 88.9 cm³/mol. The molecule has 1 amide bonds. The van der Waals surface area contributed by atoms with Crippen molar-refractivity contribution in [3.63, 3.8) is 0 Å². The molecule has 0 radical (unpaired) electrons. The molecule has 0 heterocycles. The number of alkyl halides is 1.